The number of esters is 1. The van der Waals surface area contributed by atoms with Crippen molar-refractivity contribution in [2.24, 2.45) is 5.73 Å². The Labute approximate surface area is 312 Å². The summed E-state index contributed by atoms with van der Waals surface area (Å²) < 4.78 is 37.9. The number of carbonyl (C=O) groups is 4. The maximum atomic E-state index is 14.3. The number of nitrogens with one attached hydrogen (secondary N) is 1. The first-order chi connectivity index (χ1) is 24.6. The lowest BCUT2D eigenvalue weighted by atomic mass is 9.98. The second kappa shape index (κ2) is 16.1. The van der Waals surface area contributed by atoms with E-state index in [0.717, 1.165) is 28.0 Å². The van der Waals surface area contributed by atoms with E-state index in [-0.39, 0.29) is 16.9 Å². The van der Waals surface area contributed by atoms with Gasteiger partial charge in [0.25, 0.3) is 11.8 Å². The highest BCUT2D eigenvalue weighted by Crippen LogP contribution is 2.45. The fourth-order valence-electron chi connectivity index (χ4n) is 5.79. The minimum absolute atomic E-state index is 0.0863. The van der Waals surface area contributed by atoms with Gasteiger partial charge < -0.3 is 15.2 Å². The Hall–Kier alpha value is -4.31. The molecule has 0 bridgehead atoms. The highest BCUT2D eigenvalue weighted by atomic mass is 32.2. The number of sulfonamides is 1. The number of hydrogen-bond donors (Lipinski definition) is 2. The SMILES string of the molecule is CCSCC1=C(C(=O)OC(c2ccccc2)c2ccccc2)N2C(=O)C(N(C(=O)OC(C)(C)C)C(=O)[C@H](N)c3cccc(NS(C)(=O)=O)c3)[C@H]2SC1. The van der Waals surface area contributed by atoms with Crippen LogP contribution in [0.3, 0.4) is 0 Å². The fourth-order valence-corrected chi connectivity index (χ4v) is 8.56. The molecule has 2 aliphatic rings. The maximum Gasteiger partial charge on any atom is 0.417 e. The molecule has 0 spiro atoms. The van der Waals surface area contributed by atoms with Crippen molar-refractivity contribution in [2.45, 2.75) is 56.9 Å². The molecule has 3 amide bonds. The molecule has 276 valence electrons. The molecule has 1 fully saturated rings. The normalized spacial score (nSPS) is 17.9. The summed E-state index contributed by atoms with van der Waals surface area (Å²) in [4.78, 5) is 58.6. The first-order valence-electron chi connectivity index (χ1n) is 16.5. The smallest absolute Gasteiger partial charge is 0.417 e. The lowest BCUT2D eigenvalue weighted by Gasteiger charge is -2.52. The molecule has 12 nitrogen and oxygen atoms in total. The molecule has 3 aromatic rings. The number of anilines is 1. The van der Waals surface area contributed by atoms with Crippen molar-refractivity contribution >= 4 is 63.1 Å². The molecule has 52 heavy (non-hydrogen) atoms. The number of thioether (sulfide) groups is 2. The van der Waals surface area contributed by atoms with E-state index < -0.39 is 63.1 Å². The molecule has 0 aliphatic carbocycles. The molecule has 0 aromatic heterocycles. The number of imide groups is 1. The first-order valence-corrected chi connectivity index (χ1v) is 20.6. The van der Waals surface area contributed by atoms with Gasteiger partial charge in [-0.15, -0.1) is 11.8 Å². The van der Waals surface area contributed by atoms with E-state index in [4.69, 9.17) is 15.2 Å². The molecule has 0 saturated carbocycles. The number of nitrogens with two attached hydrogens (primary N) is 1. The van der Waals surface area contributed by atoms with Crippen LogP contribution in [0.5, 0.6) is 0 Å². The number of hydrogen-bond acceptors (Lipinski definition) is 11. The minimum atomic E-state index is -3.64. The zero-order chi connectivity index (χ0) is 37.8. The van der Waals surface area contributed by atoms with Crippen LogP contribution < -0.4 is 10.5 Å². The predicted molar refractivity (Wildman–Crippen MR) is 203 cm³/mol. The minimum Gasteiger partial charge on any atom is -0.448 e. The number of fused-ring (bicyclic) bond motifs is 1. The van der Waals surface area contributed by atoms with Crippen molar-refractivity contribution in [3.8, 4) is 0 Å². The number of ether oxygens (including phenoxy) is 2. The van der Waals surface area contributed by atoms with Gasteiger partial charge in [-0.1, -0.05) is 79.7 Å². The molecule has 3 atom stereocenters. The van der Waals surface area contributed by atoms with Gasteiger partial charge in [0.15, 0.2) is 12.1 Å². The van der Waals surface area contributed by atoms with Crippen molar-refractivity contribution in [3.63, 3.8) is 0 Å². The lowest BCUT2D eigenvalue weighted by molar-refractivity contribution is -0.161. The van der Waals surface area contributed by atoms with Crippen molar-refractivity contribution < 1.29 is 37.1 Å². The van der Waals surface area contributed by atoms with Crippen molar-refractivity contribution in [3.05, 3.63) is 113 Å². The highest BCUT2D eigenvalue weighted by molar-refractivity contribution is 8.01. The van der Waals surface area contributed by atoms with E-state index in [1.165, 1.54) is 40.9 Å². The van der Waals surface area contributed by atoms with Gasteiger partial charge in [-0.2, -0.15) is 11.8 Å². The number of rotatable bonds is 12. The molecule has 1 saturated heterocycles. The van der Waals surface area contributed by atoms with Gasteiger partial charge in [-0.3, -0.25) is 19.2 Å². The van der Waals surface area contributed by atoms with E-state index in [1.807, 2.05) is 67.6 Å². The Morgan fingerprint density at radius 2 is 1.60 bits per heavy atom. The number of β-lactam (4-membered cyclic amide) rings is 1. The summed E-state index contributed by atoms with van der Waals surface area (Å²) in [6, 6.07) is 21.6. The van der Waals surface area contributed by atoms with Gasteiger partial charge >= 0.3 is 12.1 Å². The number of benzene rings is 3. The number of amides is 3. The number of nitrogens with zero attached hydrogens (tertiary/aromatic N) is 2. The molecule has 3 N–H and O–H groups in total. The fraction of sp³-hybridized carbons (Fsp3) is 0.351. The van der Waals surface area contributed by atoms with Gasteiger partial charge in [0.05, 0.1) is 6.26 Å². The van der Waals surface area contributed by atoms with Gasteiger partial charge in [0, 0.05) is 17.2 Å². The third-order valence-electron chi connectivity index (χ3n) is 8.04. The molecular weight excluding hydrogens is 725 g/mol. The Morgan fingerprint density at radius 3 is 2.15 bits per heavy atom. The molecule has 1 unspecified atom stereocenters. The van der Waals surface area contributed by atoms with Crippen LogP contribution in [0.4, 0.5) is 10.5 Å². The Kier molecular flexibility index (Phi) is 12.1. The zero-order valence-electron chi connectivity index (χ0n) is 29.5. The lowest BCUT2D eigenvalue weighted by Crippen LogP contribution is -2.73. The summed E-state index contributed by atoms with van der Waals surface area (Å²) >= 11 is 2.91. The monoisotopic (exact) mass is 766 g/mol. The first kappa shape index (κ1) is 38.9. The van der Waals surface area contributed by atoms with Crippen LogP contribution in [-0.2, 0) is 33.9 Å². The number of carbonyl (C=O) groups excluding carboxylic acids is 4. The average molecular weight is 767 g/mol. The van der Waals surface area contributed by atoms with Crippen LogP contribution >= 0.6 is 23.5 Å². The Bertz CT molecular complexity index is 1910. The van der Waals surface area contributed by atoms with Crippen LogP contribution in [0.15, 0.2) is 96.2 Å². The summed E-state index contributed by atoms with van der Waals surface area (Å²) in [6.45, 7) is 6.88. The van der Waals surface area contributed by atoms with Gasteiger partial charge in [-0.25, -0.2) is 22.9 Å². The third kappa shape index (κ3) is 9.00. The van der Waals surface area contributed by atoms with Crippen LogP contribution in [-0.4, -0.2) is 82.6 Å². The summed E-state index contributed by atoms with van der Waals surface area (Å²) in [5, 5.41) is -0.834. The predicted octanol–water partition coefficient (Wildman–Crippen LogP) is 5.45. The second-order valence-electron chi connectivity index (χ2n) is 13.2. The van der Waals surface area contributed by atoms with Crippen LogP contribution in [0.1, 0.15) is 56.5 Å². The molecule has 3 aromatic carbocycles. The third-order valence-corrected chi connectivity index (χ3v) is 10.9. The topological polar surface area (TPSA) is 165 Å². The van der Waals surface area contributed by atoms with E-state index in [9.17, 15) is 27.6 Å². The van der Waals surface area contributed by atoms with Crippen molar-refractivity contribution in [1.82, 2.24) is 9.80 Å². The zero-order valence-corrected chi connectivity index (χ0v) is 31.9. The Balaban J connectivity index is 1.49. The Morgan fingerprint density at radius 1 is 1.00 bits per heavy atom. The van der Waals surface area contributed by atoms with E-state index >= 15 is 0 Å². The van der Waals surface area contributed by atoms with Crippen LogP contribution in [0.25, 0.3) is 0 Å². The molecule has 0 radical (unpaired) electrons. The standard InChI is InChI=1S/C37H42N4O8S3/c1-6-50-21-26-22-51-34-30(33(43)40(34)29(26)35(44)48-31(23-14-9-7-10-15-23)24-16-11-8-12-17-24)41(36(45)49-37(2,3)4)32(42)28(38)25-18-13-19-27(20-25)39-52(5,46)47/h7-20,28,30-31,34,39H,6,21-22,38H2,1-5H3/t28-,30?,34-/m1/s1. The molecule has 5 rings (SSSR count). The summed E-state index contributed by atoms with van der Waals surface area (Å²) in [5.41, 5.74) is 8.03. The average Bonchev–Trinajstić information content (AvgIpc) is 3.10. The van der Waals surface area contributed by atoms with Crippen LogP contribution in [0, 0.1) is 0 Å². The molecule has 15 heteroatoms. The maximum absolute atomic E-state index is 14.3. The van der Waals surface area contributed by atoms with E-state index in [1.54, 1.807) is 32.5 Å². The second-order valence-corrected chi connectivity index (χ2v) is 17.3. The van der Waals surface area contributed by atoms with Gasteiger partial charge in [-0.05, 0) is 60.9 Å². The van der Waals surface area contributed by atoms with E-state index in [0.29, 0.717) is 17.1 Å². The van der Waals surface area contributed by atoms with Crippen LogP contribution in [0.2, 0.25) is 0 Å². The van der Waals surface area contributed by atoms with Gasteiger partial charge in [0.1, 0.15) is 22.7 Å². The van der Waals surface area contributed by atoms with E-state index in [2.05, 4.69) is 4.72 Å². The largest absolute Gasteiger partial charge is 0.448 e. The highest BCUT2D eigenvalue weighted by Gasteiger charge is 2.59. The summed E-state index contributed by atoms with van der Waals surface area (Å²) in [7, 11) is -3.64. The van der Waals surface area contributed by atoms with Gasteiger partial charge in [0.2, 0.25) is 10.0 Å². The van der Waals surface area contributed by atoms with Crippen molar-refractivity contribution in [2.75, 3.05) is 28.2 Å². The quantitative estimate of drug-likeness (QED) is 0.178. The summed E-state index contributed by atoms with van der Waals surface area (Å²) in [5.74, 6) is -0.730. The molecule has 2 heterocycles. The van der Waals surface area contributed by atoms with Crippen molar-refractivity contribution in [1.29, 1.82) is 0 Å². The molecular formula is C37H42N4O8S3. The summed E-state index contributed by atoms with van der Waals surface area (Å²) in [6.07, 6.45) is -0.863. The molecule has 2 aliphatic heterocycles.